The first-order valence-electron chi connectivity index (χ1n) is 8.60. The Morgan fingerprint density at radius 1 is 1.00 bits per heavy atom. The van der Waals surface area contributed by atoms with E-state index in [9.17, 15) is 4.79 Å². The molecular formula is C21H25N3O3. The molecule has 1 aromatic heterocycles. The topological polar surface area (TPSA) is 76.4 Å². The minimum absolute atomic E-state index is 0.0681. The van der Waals surface area contributed by atoms with Gasteiger partial charge in [-0.2, -0.15) is 0 Å². The molecule has 0 saturated carbocycles. The molecule has 6 heteroatoms. The van der Waals surface area contributed by atoms with Gasteiger partial charge in [0.1, 0.15) is 11.5 Å². The van der Waals surface area contributed by atoms with Crippen molar-refractivity contribution in [3.63, 3.8) is 0 Å². The highest BCUT2D eigenvalue weighted by Crippen LogP contribution is 2.23. The summed E-state index contributed by atoms with van der Waals surface area (Å²) in [7, 11) is 1.81. The second-order valence-corrected chi connectivity index (χ2v) is 6.78. The summed E-state index contributed by atoms with van der Waals surface area (Å²) in [6, 6.07) is 18.6. The number of nitrogens with one attached hydrogen (secondary N) is 2. The summed E-state index contributed by atoms with van der Waals surface area (Å²) in [5.74, 6) is 2.25. The number of hydrogen-bond donors (Lipinski definition) is 2. The van der Waals surface area contributed by atoms with E-state index in [0.29, 0.717) is 6.41 Å². The Labute approximate surface area is 159 Å². The van der Waals surface area contributed by atoms with Crippen LogP contribution >= 0.6 is 0 Å². The highest BCUT2D eigenvalue weighted by Gasteiger charge is 2.18. The van der Waals surface area contributed by atoms with Gasteiger partial charge in [-0.1, -0.05) is 44.1 Å². The number of nitrogens with zero attached hydrogens (tertiary/aromatic N) is 1. The lowest BCUT2D eigenvalue weighted by atomic mass is 9.92. The molecule has 0 atom stereocenters. The second kappa shape index (κ2) is 9.43. The Balaban J connectivity index is 0.000000208. The molecule has 142 valence electrons. The molecule has 2 N–H and O–H groups in total. The lowest BCUT2D eigenvalue weighted by molar-refractivity contribution is -0.105. The second-order valence-electron chi connectivity index (χ2n) is 6.78. The quantitative estimate of drug-likeness (QED) is 0.616. The number of hydrogen-bond acceptors (Lipinski definition) is 5. The molecule has 0 radical (unpaired) electrons. The van der Waals surface area contributed by atoms with Crippen molar-refractivity contribution in [3.05, 3.63) is 66.4 Å². The number of rotatable bonds is 5. The predicted octanol–water partition coefficient (Wildman–Crippen LogP) is 5.06. The standard InChI is InChI=1S/C13H11NO2.C8H14N2O/c15-10-14-11-6-8-13(9-7-11)16-12-4-2-1-3-5-12;1-8(2,3)6-5-7(9-4)11-10-6/h1-10H,(H,14,15);5,9H,1-4H3. The maximum Gasteiger partial charge on any atom is 0.224 e. The summed E-state index contributed by atoms with van der Waals surface area (Å²) < 4.78 is 10.6. The summed E-state index contributed by atoms with van der Waals surface area (Å²) in [6.07, 6.45) is 0.646. The molecule has 0 fully saturated rings. The molecule has 0 unspecified atom stereocenters. The van der Waals surface area contributed by atoms with E-state index in [0.717, 1.165) is 28.8 Å². The molecule has 3 rings (SSSR count). The Morgan fingerprint density at radius 2 is 1.63 bits per heavy atom. The normalized spacial score (nSPS) is 10.4. The molecule has 0 aliphatic heterocycles. The number of aromatic nitrogens is 1. The number of anilines is 2. The van der Waals surface area contributed by atoms with Crippen LogP contribution < -0.4 is 15.4 Å². The highest BCUT2D eigenvalue weighted by molar-refractivity contribution is 5.71. The SMILES string of the molecule is CNc1cc(C(C)(C)C)no1.O=CNc1ccc(Oc2ccccc2)cc1. The predicted molar refractivity (Wildman–Crippen MR) is 107 cm³/mol. The van der Waals surface area contributed by atoms with Crippen molar-refractivity contribution in [1.29, 1.82) is 0 Å². The fourth-order valence-electron chi connectivity index (χ4n) is 2.06. The van der Waals surface area contributed by atoms with Gasteiger partial charge in [0, 0.05) is 24.2 Å². The third-order valence-electron chi connectivity index (χ3n) is 3.58. The molecule has 0 spiro atoms. The van der Waals surface area contributed by atoms with Gasteiger partial charge < -0.3 is 19.9 Å². The van der Waals surface area contributed by atoms with Crippen LogP contribution in [0.25, 0.3) is 0 Å². The Hall–Kier alpha value is -3.28. The molecule has 1 heterocycles. The summed E-state index contributed by atoms with van der Waals surface area (Å²) in [6.45, 7) is 6.30. The smallest absolute Gasteiger partial charge is 0.224 e. The van der Waals surface area contributed by atoms with Crippen LogP contribution in [0.4, 0.5) is 11.6 Å². The average Bonchev–Trinajstić information content (AvgIpc) is 3.15. The van der Waals surface area contributed by atoms with Gasteiger partial charge in [0.2, 0.25) is 12.3 Å². The largest absolute Gasteiger partial charge is 0.457 e. The van der Waals surface area contributed by atoms with Crippen LogP contribution in [0.5, 0.6) is 11.5 Å². The van der Waals surface area contributed by atoms with E-state index in [1.807, 2.05) is 43.4 Å². The molecule has 0 saturated heterocycles. The molecule has 3 aromatic rings. The van der Waals surface area contributed by atoms with Crippen molar-refractivity contribution in [2.24, 2.45) is 0 Å². The first-order chi connectivity index (χ1) is 12.9. The number of para-hydroxylation sites is 1. The lowest BCUT2D eigenvalue weighted by Crippen LogP contribution is -2.10. The Kier molecular flexibility index (Phi) is 7.00. The summed E-state index contributed by atoms with van der Waals surface area (Å²) >= 11 is 0. The van der Waals surface area contributed by atoms with Crippen molar-refractivity contribution < 1.29 is 14.1 Å². The molecule has 6 nitrogen and oxygen atoms in total. The van der Waals surface area contributed by atoms with Crippen LogP contribution in [0.1, 0.15) is 26.5 Å². The van der Waals surface area contributed by atoms with Crippen LogP contribution in [0.2, 0.25) is 0 Å². The zero-order valence-corrected chi connectivity index (χ0v) is 16.0. The maximum absolute atomic E-state index is 10.2. The van der Waals surface area contributed by atoms with Gasteiger partial charge in [-0.25, -0.2) is 0 Å². The van der Waals surface area contributed by atoms with Crippen LogP contribution in [-0.4, -0.2) is 18.6 Å². The zero-order valence-electron chi connectivity index (χ0n) is 16.0. The number of carbonyl (C=O) groups is 1. The van der Waals surface area contributed by atoms with Crippen molar-refractivity contribution in [1.82, 2.24) is 5.16 Å². The van der Waals surface area contributed by atoms with E-state index >= 15 is 0 Å². The van der Waals surface area contributed by atoms with Gasteiger partial charge >= 0.3 is 0 Å². The Morgan fingerprint density at radius 3 is 2.11 bits per heavy atom. The van der Waals surface area contributed by atoms with E-state index in [4.69, 9.17) is 9.26 Å². The molecule has 1 amide bonds. The zero-order chi connectivity index (χ0) is 19.7. The number of benzene rings is 2. The number of ether oxygens (including phenoxy) is 1. The molecule has 0 aliphatic rings. The third kappa shape index (κ3) is 6.51. The molecular weight excluding hydrogens is 342 g/mol. The van der Waals surface area contributed by atoms with E-state index in [2.05, 4.69) is 36.6 Å². The Bertz CT molecular complexity index is 822. The molecule has 0 aliphatic carbocycles. The van der Waals surface area contributed by atoms with E-state index < -0.39 is 0 Å². The van der Waals surface area contributed by atoms with Crippen LogP contribution in [0.3, 0.4) is 0 Å². The van der Waals surface area contributed by atoms with Crippen molar-refractivity contribution in [3.8, 4) is 11.5 Å². The van der Waals surface area contributed by atoms with Gasteiger partial charge in [-0.15, -0.1) is 0 Å². The van der Waals surface area contributed by atoms with E-state index in [1.54, 1.807) is 24.3 Å². The van der Waals surface area contributed by atoms with E-state index in [-0.39, 0.29) is 5.41 Å². The first-order valence-corrected chi connectivity index (χ1v) is 8.60. The van der Waals surface area contributed by atoms with Crippen LogP contribution in [-0.2, 0) is 10.2 Å². The van der Waals surface area contributed by atoms with Gasteiger partial charge in [0.05, 0.1) is 5.69 Å². The van der Waals surface area contributed by atoms with Crippen molar-refractivity contribution >= 4 is 18.0 Å². The van der Waals surface area contributed by atoms with Gasteiger partial charge in [0.25, 0.3) is 0 Å². The van der Waals surface area contributed by atoms with Crippen LogP contribution in [0.15, 0.2) is 65.2 Å². The third-order valence-corrected chi connectivity index (χ3v) is 3.58. The van der Waals surface area contributed by atoms with Gasteiger partial charge in [-0.05, 0) is 36.4 Å². The maximum atomic E-state index is 10.2. The van der Waals surface area contributed by atoms with Gasteiger partial charge in [-0.3, -0.25) is 4.79 Å². The number of carbonyl (C=O) groups excluding carboxylic acids is 1. The van der Waals surface area contributed by atoms with Crippen LogP contribution in [0, 0.1) is 0 Å². The fourth-order valence-corrected chi connectivity index (χ4v) is 2.06. The highest BCUT2D eigenvalue weighted by atomic mass is 16.5. The number of amides is 1. The van der Waals surface area contributed by atoms with Crippen molar-refractivity contribution in [2.45, 2.75) is 26.2 Å². The minimum Gasteiger partial charge on any atom is -0.457 e. The lowest BCUT2D eigenvalue weighted by Gasteiger charge is -2.12. The summed E-state index contributed by atoms with van der Waals surface area (Å²) in [5, 5.41) is 9.37. The minimum atomic E-state index is 0.0681. The monoisotopic (exact) mass is 367 g/mol. The van der Waals surface area contributed by atoms with Gasteiger partial charge in [0.15, 0.2) is 0 Å². The molecule has 2 aromatic carbocycles. The fraction of sp³-hybridized carbons (Fsp3) is 0.238. The summed E-state index contributed by atoms with van der Waals surface area (Å²) in [5.41, 5.74) is 1.79. The average molecular weight is 367 g/mol. The first kappa shape index (κ1) is 20.0. The van der Waals surface area contributed by atoms with Crippen molar-refractivity contribution in [2.75, 3.05) is 17.7 Å². The molecule has 0 bridgehead atoms. The molecule has 27 heavy (non-hydrogen) atoms. The van der Waals surface area contributed by atoms with E-state index in [1.165, 1.54) is 0 Å². The summed E-state index contributed by atoms with van der Waals surface area (Å²) in [4.78, 5) is 10.2.